The van der Waals surface area contributed by atoms with Gasteiger partial charge in [-0.2, -0.15) is 13.2 Å². The zero-order chi connectivity index (χ0) is 33.4. The maximum absolute atomic E-state index is 13.4. The summed E-state index contributed by atoms with van der Waals surface area (Å²) in [4.78, 5) is 32.5. The number of aromatic nitrogens is 1. The molecule has 2 aliphatic rings. The zero-order valence-corrected chi connectivity index (χ0v) is 26.1. The first-order chi connectivity index (χ1) is 21.6. The van der Waals surface area contributed by atoms with Gasteiger partial charge in [-0.1, -0.05) is 24.8 Å². The molecule has 10 heteroatoms. The third-order valence-electron chi connectivity index (χ3n) is 7.82. The van der Waals surface area contributed by atoms with Gasteiger partial charge in [-0.15, -0.1) is 0 Å². The summed E-state index contributed by atoms with van der Waals surface area (Å²) in [5, 5.41) is 11.4. The monoisotopic (exact) mass is 632 g/mol. The van der Waals surface area contributed by atoms with Crippen LogP contribution in [-0.4, -0.2) is 51.7 Å². The van der Waals surface area contributed by atoms with E-state index < -0.39 is 35.3 Å². The molecule has 2 aliphatic heterocycles. The highest BCUT2D eigenvalue weighted by Gasteiger charge is 2.34. The van der Waals surface area contributed by atoms with E-state index in [1.807, 2.05) is 18.2 Å². The predicted molar refractivity (Wildman–Crippen MR) is 169 cm³/mol. The summed E-state index contributed by atoms with van der Waals surface area (Å²) in [5.74, 6) is -0.920. The third-order valence-corrected chi connectivity index (χ3v) is 7.82. The van der Waals surface area contributed by atoms with E-state index in [4.69, 9.17) is 14.5 Å². The van der Waals surface area contributed by atoms with E-state index in [-0.39, 0.29) is 13.1 Å². The Morgan fingerprint density at radius 3 is 2.48 bits per heavy atom. The van der Waals surface area contributed by atoms with Gasteiger partial charge in [0.05, 0.1) is 23.3 Å². The van der Waals surface area contributed by atoms with Crippen LogP contribution in [0, 0.1) is 0 Å². The Balaban J connectivity index is 1.68. The number of hydrogen-bond donors (Lipinski definition) is 1. The molecule has 0 saturated heterocycles. The quantitative estimate of drug-likeness (QED) is 0.307. The van der Waals surface area contributed by atoms with Gasteiger partial charge >= 0.3 is 12.1 Å². The number of aliphatic carboxylic acids is 1. The molecule has 1 aromatic heterocycles. The summed E-state index contributed by atoms with van der Waals surface area (Å²) >= 11 is 0. The fraction of sp³-hybridized carbons (Fsp3) is 0.306. The summed E-state index contributed by atoms with van der Waals surface area (Å²) in [6.07, 6.45) is 1.09. The maximum Gasteiger partial charge on any atom is 0.416 e. The average molecular weight is 633 g/mol. The fourth-order valence-corrected chi connectivity index (χ4v) is 5.69. The number of nitrogens with zero attached hydrogens (tertiary/aromatic N) is 2. The van der Waals surface area contributed by atoms with Gasteiger partial charge in [-0.05, 0) is 91.9 Å². The topological polar surface area (TPSA) is 89.0 Å². The summed E-state index contributed by atoms with van der Waals surface area (Å²) in [7, 11) is 0. The number of carboxylic acids is 1. The Kier molecular flexibility index (Phi) is 8.95. The van der Waals surface area contributed by atoms with E-state index in [2.05, 4.69) is 6.58 Å². The van der Waals surface area contributed by atoms with Crippen LogP contribution in [0.2, 0.25) is 0 Å². The summed E-state index contributed by atoms with van der Waals surface area (Å²) in [6, 6.07) is 10.2. The van der Waals surface area contributed by atoms with Crippen molar-refractivity contribution in [1.29, 1.82) is 0 Å². The number of alkyl halides is 3. The number of amides is 1. The lowest BCUT2D eigenvalue weighted by Gasteiger charge is -2.30. The van der Waals surface area contributed by atoms with Crippen molar-refractivity contribution < 1.29 is 37.3 Å². The summed E-state index contributed by atoms with van der Waals surface area (Å²) in [5.41, 5.74) is 2.86. The standard InChI is InChI=1S/C36H35F3N2O5/c1-21-6-13-28(42)41(20-23-7-9-25(10-8-23)36(37,38)39)18-15-22(2)30(33(34(43)44)46-35(3,4)5)29(21)26-11-12-27-31-24(16-19-45-27)14-17-40-32(26)31/h6-15,17,33H,1,16,18-20H2,2-5H3,(H,43,44)/b13-6-,22-15-,30-29-/t33-/m0/s1. The van der Waals surface area contributed by atoms with Gasteiger partial charge in [0.25, 0.3) is 0 Å². The molecule has 5 rings (SSSR count). The highest BCUT2D eigenvalue weighted by molar-refractivity contribution is 6.03. The molecule has 0 fully saturated rings. The molecule has 46 heavy (non-hydrogen) atoms. The van der Waals surface area contributed by atoms with Crippen LogP contribution >= 0.6 is 0 Å². The van der Waals surface area contributed by atoms with Crippen molar-refractivity contribution in [2.24, 2.45) is 0 Å². The average Bonchev–Trinajstić information content (AvgIpc) is 2.99. The van der Waals surface area contributed by atoms with Crippen molar-refractivity contribution in [3.63, 3.8) is 0 Å². The van der Waals surface area contributed by atoms with Gasteiger partial charge in [-0.25, -0.2) is 4.79 Å². The van der Waals surface area contributed by atoms with E-state index in [9.17, 15) is 27.9 Å². The lowest BCUT2D eigenvalue weighted by molar-refractivity contribution is -0.155. The first-order valence-corrected chi connectivity index (χ1v) is 14.8. The number of carbonyl (C=O) groups excluding carboxylic acids is 1. The molecule has 0 unspecified atom stereocenters. The number of benzene rings is 2. The van der Waals surface area contributed by atoms with Crippen LogP contribution in [0.5, 0.6) is 5.75 Å². The molecule has 2 aromatic carbocycles. The number of rotatable bonds is 6. The number of ether oxygens (including phenoxy) is 2. The molecule has 1 N–H and O–H groups in total. The van der Waals surface area contributed by atoms with Crippen LogP contribution in [0.1, 0.15) is 49.9 Å². The molecule has 0 radical (unpaired) electrons. The minimum absolute atomic E-state index is 0.0309. The number of carboxylic acid groups (broad SMARTS) is 1. The molecule has 3 heterocycles. The largest absolute Gasteiger partial charge is 0.493 e. The first-order valence-electron chi connectivity index (χ1n) is 14.8. The van der Waals surface area contributed by atoms with Gasteiger partial charge in [0.1, 0.15) is 5.75 Å². The van der Waals surface area contributed by atoms with Gasteiger partial charge in [0.2, 0.25) is 5.91 Å². The van der Waals surface area contributed by atoms with Crippen molar-refractivity contribution in [2.45, 2.75) is 58.5 Å². The van der Waals surface area contributed by atoms with Crippen molar-refractivity contribution in [2.75, 3.05) is 13.2 Å². The lowest BCUT2D eigenvalue weighted by atomic mass is 9.84. The smallest absolute Gasteiger partial charge is 0.416 e. The molecule has 0 spiro atoms. The summed E-state index contributed by atoms with van der Waals surface area (Å²) < 4.78 is 51.4. The van der Waals surface area contributed by atoms with E-state index in [1.54, 1.807) is 40.0 Å². The van der Waals surface area contributed by atoms with Crippen LogP contribution in [0.15, 0.2) is 90.2 Å². The Labute approximate surface area is 265 Å². The normalized spacial score (nSPS) is 20.2. The molecule has 7 nitrogen and oxygen atoms in total. The Hall–Kier alpha value is -4.70. The van der Waals surface area contributed by atoms with E-state index in [1.165, 1.54) is 29.2 Å². The van der Waals surface area contributed by atoms with Crippen LogP contribution < -0.4 is 4.74 Å². The second-order valence-corrected chi connectivity index (χ2v) is 12.3. The highest BCUT2D eigenvalue weighted by atomic mass is 19.4. The Morgan fingerprint density at radius 1 is 1.11 bits per heavy atom. The molecule has 0 aliphatic carbocycles. The molecule has 1 amide bonds. The highest BCUT2D eigenvalue weighted by Crippen LogP contribution is 2.42. The van der Waals surface area contributed by atoms with Crippen LogP contribution in [0.4, 0.5) is 13.2 Å². The van der Waals surface area contributed by atoms with Crippen LogP contribution in [0.3, 0.4) is 0 Å². The Morgan fingerprint density at radius 2 is 1.83 bits per heavy atom. The van der Waals surface area contributed by atoms with Crippen LogP contribution in [0.25, 0.3) is 16.5 Å². The summed E-state index contributed by atoms with van der Waals surface area (Å²) in [6.45, 7) is 11.9. The van der Waals surface area contributed by atoms with Gasteiger partial charge in [0, 0.05) is 48.3 Å². The van der Waals surface area contributed by atoms with Crippen molar-refractivity contribution in [1.82, 2.24) is 9.88 Å². The predicted octanol–water partition coefficient (Wildman–Crippen LogP) is 7.31. The van der Waals surface area contributed by atoms with E-state index in [0.717, 1.165) is 23.1 Å². The second-order valence-electron chi connectivity index (χ2n) is 12.3. The number of allylic oxidation sites excluding steroid dienone is 3. The van der Waals surface area contributed by atoms with E-state index in [0.29, 0.717) is 57.7 Å². The van der Waals surface area contributed by atoms with Gasteiger partial charge in [-0.3, -0.25) is 9.78 Å². The molecule has 240 valence electrons. The molecular weight excluding hydrogens is 597 g/mol. The number of hydrogen-bond acceptors (Lipinski definition) is 5. The lowest BCUT2D eigenvalue weighted by Crippen LogP contribution is -2.36. The minimum atomic E-state index is -4.48. The molecule has 1 atom stereocenters. The molecule has 0 bridgehead atoms. The zero-order valence-electron chi connectivity index (χ0n) is 26.1. The van der Waals surface area contributed by atoms with Crippen molar-refractivity contribution in [3.05, 3.63) is 112 Å². The van der Waals surface area contributed by atoms with Crippen LogP contribution in [-0.2, 0) is 33.5 Å². The first kappa shape index (κ1) is 32.7. The fourth-order valence-electron chi connectivity index (χ4n) is 5.69. The SMILES string of the molecule is C=C1/C=C\C(=O)N(Cc2ccc(C(F)(F)F)cc2)C/C=C(C)\C([C@H](OC(C)(C)C)C(=O)O)=C/1c1ccc2c3c(ccnc13)CCO2. The van der Waals surface area contributed by atoms with Gasteiger partial charge < -0.3 is 19.5 Å². The molecule has 0 saturated carbocycles. The maximum atomic E-state index is 13.4. The van der Waals surface area contributed by atoms with Crippen molar-refractivity contribution in [3.8, 4) is 5.75 Å². The minimum Gasteiger partial charge on any atom is -0.493 e. The third kappa shape index (κ3) is 6.92. The second kappa shape index (κ2) is 12.6. The molecular formula is C36H35F3N2O5. The Bertz CT molecular complexity index is 1790. The molecule has 3 aromatic rings. The van der Waals surface area contributed by atoms with Gasteiger partial charge in [0.15, 0.2) is 6.10 Å². The van der Waals surface area contributed by atoms with E-state index >= 15 is 0 Å². The number of carbonyl (C=O) groups is 2. The number of pyridine rings is 1. The number of halogens is 3. The van der Waals surface area contributed by atoms with Crippen molar-refractivity contribution >= 4 is 28.4 Å².